The molecular formula is C17H24N4O2S2. The van der Waals surface area contributed by atoms with E-state index in [-0.39, 0.29) is 5.91 Å². The molecule has 6 nitrogen and oxygen atoms in total. The van der Waals surface area contributed by atoms with Crippen LogP contribution in [-0.4, -0.2) is 27.9 Å². The zero-order chi connectivity index (χ0) is 17.6. The summed E-state index contributed by atoms with van der Waals surface area (Å²) in [6.45, 7) is 5.09. The van der Waals surface area contributed by atoms with Crippen molar-refractivity contribution >= 4 is 34.1 Å². The first-order chi connectivity index (χ1) is 12.1. The van der Waals surface area contributed by atoms with Crippen LogP contribution in [0.15, 0.2) is 27.2 Å². The number of hydrogen-bond donors (Lipinski definition) is 2. The second-order valence-corrected chi connectivity index (χ2v) is 8.74. The molecule has 1 fully saturated rings. The second kappa shape index (κ2) is 8.71. The molecule has 1 saturated carbocycles. The van der Waals surface area contributed by atoms with Gasteiger partial charge in [0.25, 0.3) is 0 Å². The zero-order valence-electron chi connectivity index (χ0n) is 14.5. The first kappa shape index (κ1) is 18.3. The van der Waals surface area contributed by atoms with E-state index in [0.29, 0.717) is 30.2 Å². The molecule has 3 atom stereocenters. The number of thioether (sulfide) groups is 1. The maximum absolute atomic E-state index is 12.2. The van der Waals surface area contributed by atoms with Gasteiger partial charge in [0.1, 0.15) is 5.76 Å². The predicted octanol–water partition coefficient (Wildman–Crippen LogP) is 3.78. The van der Waals surface area contributed by atoms with Crippen LogP contribution in [0.5, 0.6) is 0 Å². The molecule has 2 aromatic rings. The molecule has 3 rings (SSSR count). The third-order valence-electron chi connectivity index (χ3n) is 4.78. The molecule has 0 radical (unpaired) electrons. The number of nitrogens with one attached hydrogen (secondary N) is 2. The van der Waals surface area contributed by atoms with Crippen LogP contribution >= 0.6 is 23.1 Å². The van der Waals surface area contributed by atoms with Gasteiger partial charge in [0.05, 0.1) is 18.6 Å². The van der Waals surface area contributed by atoms with Crippen molar-refractivity contribution in [1.82, 2.24) is 15.5 Å². The van der Waals surface area contributed by atoms with Crippen LogP contribution in [0.3, 0.4) is 0 Å². The molecule has 25 heavy (non-hydrogen) atoms. The van der Waals surface area contributed by atoms with Crippen LogP contribution in [-0.2, 0) is 11.3 Å². The van der Waals surface area contributed by atoms with E-state index >= 15 is 0 Å². The SMILES string of the molecule is C[C@@H]1[C@@H](C)CCC[C@H]1NC(=O)CSc1nnc(NCc2ccco2)s1. The van der Waals surface area contributed by atoms with Gasteiger partial charge in [-0.05, 0) is 30.4 Å². The fourth-order valence-electron chi connectivity index (χ4n) is 3.08. The van der Waals surface area contributed by atoms with Crippen molar-refractivity contribution in [2.75, 3.05) is 11.1 Å². The lowest BCUT2D eigenvalue weighted by Gasteiger charge is -2.34. The van der Waals surface area contributed by atoms with E-state index in [1.54, 1.807) is 6.26 Å². The quantitative estimate of drug-likeness (QED) is 0.712. The minimum atomic E-state index is 0.0799. The Morgan fingerprint density at radius 1 is 1.40 bits per heavy atom. The van der Waals surface area contributed by atoms with Crippen LogP contribution in [0.25, 0.3) is 0 Å². The monoisotopic (exact) mass is 380 g/mol. The van der Waals surface area contributed by atoms with Gasteiger partial charge in [-0.3, -0.25) is 4.79 Å². The van der Waals surface area contributed by atoms with Crippen molar-refractivity contribution in [1.29, 1.82) is 0 Å². The zero-order valence-corrected chi connectivity index (χ0v) is 16.2. The lowest BCUT2D eigenvalue weighted by Crippen LogP contribution is -2.44. The average Bonchev–Trinajstić information content (AvgIpc) is 3.27. The van der Waals surface area contributed by atoms with Gasteiger partial charge in [-0.25, -0.2) is 0 Å². The van der Waals surface area contributed by atoms with Crippen molar-refractivity contribution in [2.24, 2.45) is 11.8 Å². The lowest BCUT2D eigenvalue weighted by molar-refractivity contribution is -0.119. The Labute approximate surface area is 156 Å². The van der Waals surface area contributed by atoms with Gasteiger partial charge in [0, 0.05) is 6.04 Å². The number of nitrogens with zero attached hydrogens (tertiary/aromatic N) is 2. The van der Waals surface area contributed by atoms with Gasteiger partial charge in [-0.1, -0.05) is 49.8 Å². The molecule has 136 valence electrons. The summed E-state index contributed by atoms with van der Waals surface area (Å²) in [7, 11) is 0. The summed E-state index contributed by atoms with van der Waals surface area (Å²) >= 11 is 2.88. The van der Waals surface area contributed by atoms with Crippen molar-refractivity contribution in [2.45, 2.75) is 50.0 Å². The number of rotatable bonds is 7. The van der Waals surface area contributed by atoms with Crippen LogP contribution < -0.4 is 10.6 Å². The van der Waals surface area contributed by atoms with Crippen LogP contribution in [0.2, 0.25) is 0 Å². The molecule has 0 unspecified atom stereocenters. The molecule has 2 aromatic heterocycles. The minimum Gasteiger partial charge on any atom is -0.467 e. The molecule has 1 amide bonds. The predicted molar refractivity (Wildman–Crippen MR) is 101 cm³/mol. The van der Waals surface area contributed by atoms with Gasteiger partial charge in [-0.2, -0.15) is 0 Å². The highest BCUT2D eigenvalue weighted by Crippen LogP contribution is 2.30. The van der Waals surface area contributed by atoms with Gasteiger partial charge < -0.3 is 15.1 Å². The molecule has 0 spiro atoms. The Morgan fingerprint density at radius 2 is 2.28 bits per heavy atom. The number of furan rings is 1. The highest BCUT2D eigenvalue weighted by molar-refractivity contribution is 8.01. The number of hydrogen-bond acceptors (Lipinski definition) is 7. The molecule has 0 saturated heterocycles. The Morgan fingerprint density at radius 3 is 3.08 bits per heavy atom. The van der Waals surface area contributed by atoms with Crippen LogP contribution in [0.4, 0.5) is 5.13 Å². The lowest BCUT2D eigenvalue weighted by atomic mass is 9.78. The standard InChI is InChI=1S/C17H24N4O2S2/c1-11-5-3-7-14(12(11)2)19-15(22)10-24-17-21-20-16(25-17)18-9-13-6-4-8-23-13/h4,6,8,11-12,14H,3,5,7,9-10H2,1-2H3,(H,18,20)(H,19,22)/t11-,12+,14+/m0/s1. The Hall–Kier alpha value is -1.54. The fourth-order valence-corrected chi connectivity index (χ4v) is 4.64. The maximum atomic E-state index is 12.2. The van der Waals surface area contributed by atoms with Crippen LogP contribution in [0.1, 0.15) is 38.9 Å². The summed E-state index contributed by atoms with van der Waals surface area (Å²) in [5.74, 6) is 2.53. The first-order valence-corrected chi connectivity index (χ1v) is 10.4. The number of aromatic nitrogens is 2. The Kier molecular flexibility index (Phi) is 6.36. The minimum absolute atomic E-state index is 0.0799. The summed E-state index contributed by atoms with van der Waals surface area (Å²) in [5, 5.41) is 15.3. The third kappa shape index (κ3) is 5.22. The maximum Gasteiger partial charge on any atom is 0.230 e. The van der Waals surface area contributed by atoms with E-state index in [9.17, 15) is 4.79 Å². The Bertz CT molecular complexity index is 674. The molecule has 0 aromatic carbocycles. The highest BCUT2D eigenvalue weighted by Gasteiger charge is 2.28. The third-order valence-corrected chi connectivity index (χ3v) is 6.79. The number of amides is 1. The average molecular weight is 381 g/mol. The summed E-state index contributed by atoms with van der Waals surface area (Å²) in [6, 6.07) is 4.06. The second-order valence-electron chi connectivity index (χ2n) is 6.54. The molecule has 0 bridgehead atoms. The summed E-state index contributed by atoms with van der Waals surface area (Å²) in [4.78, 5) is 12.2. The van der Waals surface area contributed by atoms with Gasteiger partial charge in [-0.15, -0.1) is 10.2 Å². The molecule has 2 N–H and O–H groups in total. The summed E-state index contributed by atoms with van der Waals surface area (Å²) < 4.78 is 6.06. The van der Waals surface area contributed by atoms with Crippen molar-refractivity contribution in [3.05, 3.63) is 24.2 Å². The van der Waals surface area contributed by atoms with E-state index in [1.807, 2.05) is 12.1 Å². The molecule has 0 aliphatic heterocycles. The molecule has 2 heterocycles. The number of carbonyl (C=O) groups is 1. The van der Waals surface area contributed by atoms with Crippen molar-refractivity contribution in [3.63, 3.8) is 0 Å². The molecule has 1 aliphatic rings. The normalized spacial score (nSPS) is 23.4. The van der Waals surface area contributed by atoms with E-state index in [2.05, 4.69) is 34.7 Å². The number of anilines is 1. The van der Waals surface area contributed by atoms with Gasteiger partial charge in [0.2, 0.25) is 11.0 Å². The summed E-state index contributed by atoms with van der Waals surface area (Å²) in [6.07, 6.45) is 5.19. The fraction of sp³-hybridized carbons (Fsp3) is 0.588. The smallest absolute Gasteiger partial charge is 0.230 e. The van der Waals surface area contributed by atoms with Crippen LogP contribution in [0, 0.1) is 11.8 Å². The first-order valence-electron chi connectivity index (χ1n) is 8.63. The number of carbonyl (C=O) groups excluding carboxylic acids is 1. The van der Waals surface area contributed by atoms with E-state index in [1.165, 1.54) is 35.9 Å². The van der Waals surface area contributed by atoms with Gasteiger partial charge >= 0.3 is 0 Å². The van der Waals surface area contributed by atoms with Crippen molar-refractivity contribution in [3.8, 4) is 0 Å². The van der Waals surface area contributed by atoms with Gasteiger partial charge in [0.15, 0.2) is 4.34 Å². The van der Waals surface area contributed by atoms with E-state index in [4.69, 9.17) is 4.42 Å². The largest absolute Gasteiger partial charge is 0.467 e. The Balaban J connectivity index is 1.41. The van der Waals surface area contributed by atoms with Crippen molar-refractivity contribution < 1.29 is 9.21 Å². The molecule has 1 aliphatic carbocycles. The molecule has 8 heteroatoms. The summed E-state index contributed by atoms with van der Waals surface area (Å²) in [5.41, 5.74) is 0. The molecular weight excluding hydrogens is 356 g/mol. The van der Waals surface area contributed by atoms with E-state index in [0.717, 1.165) is 21.7 Å². The van der Waals surface area contributed by atoms with E-state index < -0.39 is 0 Å². The highest BCUT2D eigenvalue weighted by atomic mass is 32.2. The topological polar surface area (TPSA) is 80.0 Å².